The molecule has 0 aliphatic heterocycles. The Balaban J connectivity index is 3.04. The number of carboxylic acids is 1. The van der Waals surface area contributed by atoms with E-state index in [2.05, 4.69) is 11.6 Å². The smallest absolute Gasteiger partial charge is 0.354 e. The molecule has 68 valence electrons. The van der Waals surface area contributed by atoms with E-state index < -0.39 is 12.0 Å². The maximum absolute atomic E-state index is 10.5. The van der Waals surface area contributed by atoms with Crippen molar-refractivity contribution in [3.05, 3.63) is 42.2 Å². The largest absolute Gasteiger partial charge is 0.477 e. The fourth-order valence-electron chi connectivity index (χ4n) is 0.877. The van der Waals surface area contributed by atoms with Gasteiger partial charge >= 0.3 is 5.97 Å². The lowest BCUT2D eigenvalue weighted by Crippen LogP contribution is -2.11. The van der Waals surface area contributed by atoms with Crippen molar-refractivity contribution in [1.82, 2.24) is 4.98 Å². The van der Waals surface area contributed by atoms with Crippen molar-refractivity contribution in [3.63, 3.8) is 0 Å². The summed E-state index contributed by atoms with van der Waals surface area (Å²) in [6.45, 7) is 3.50. The van der Waals surface area contributed by atoms with Crippen molar-refractivity contribution < 1.29 is 9.90 Å². The first-order valence-electron chi connectivity index (χ1n) is 3.73. The standard InChI is InChI=1S/C9H10N2O2/c1-2-6(10)7-4-3-5-8(11-7)9(12)13/h2-6H,1,10H2,(H,12,13)/t6-/m1/s1. The van der Waals surface area contributed by atoms with Gasteiger partial charge < -0.3 is 10.8 Å². The quantitative estimate of drug-likeness (QED) is 0.676. The summed E-state index contributed by atoms with van der Waals surface area (Å²) in [7, 11) is 0. The highest BCUT2D eigenvalue weighted by molar-refractivity contribution is 5.85. The summed E-state index contributed by atoms with van der Waals surface area (Å²) in [5, 5.41) is 8.63. The molecule has 1 atom stereocenters. The van der Waals surface area contributed by atoms with Crippen LogP contribution in [0.3, 0.4) is 0 Å². The second-order valence-corrected chi connectivity index (χ2v) is 2.51. The van der Waals surface area contributed by atoms with Crippen LogP contribution in [-0.2, 0) is 0 Å². The van der Waals surface area contributed by atoms with E-state index in [0.717, 1.165) is 0 Å². The molecule has 0 fully saturated rings. The van der Waals surface area contributed by atoms with E-state index in [1.54, 1.807) is 12.1 Å². The van der Waals surface area contributed by atoms with Gasteiger partial charge in [0.2, 0.25) is 0 Å². The van der Waals surface area contributed by atoms with Crippen molar-refractivity contribution in [2.45, 2.75) is 6.04 Å². The van der Waals surface area contributed by atoms with Crippen molar-refractivity contribution in [3.8, 4) is 0 Å². The summed E-state index contributed by atoms with van der Waals surface area (Å²) in [5.41, 5.74) is 6.09. The van der Waals surface area contributed by atoms with E-state index in [-0.39, 0.29) is 5.69 Å². The fraction of sp³-hybridized carbons (Fsp3) is 0.111. The Labute approximate surface area is 75.7 Å². The molecule has 0 saturated carbocycles. The topological polar surface area (TPSA) is 76.2 Å². The van der Waals surface area contributed by atoms with E-state index in [1.165, 1.54) is 12.1 Å². The molecule has 4 heteroatoms. The molecule has 1 heterocycles. The normalized spacial score (nSPS) is 12.1. The van der Waals surface area contributed by atoms with Crippen LogP contribution in [-0.4, -0.2) is 16.1 Å². The van der Waals surface area contributed by atoms with Gasteiger partial charge in [0.05, 0.1) is 11.7 Å². The lowest BCUT2D eigenvalue weighted by molar-refractivity contribution is 0.0690. The number of hydrogen-bond donors (Lipinski definition) is 2. The van der Waals surface area contributed by atoms with Crippen LogP contribution in [0.25, 0.3) is 0 Å². The minimum atomic E-state index is -1.06. The van der Waals surface area contributed by atoms with Crippen LogP contribution in [0.1, 0.15) is 22.2 Å². The van der Waals surface area contributed by atoms with Crippen LogP contribution < -0.4 is 5.73 Å². The van der Waals surface area contributed by atoms with Gasteiger partial charge in [0, 0.05) is 0 Å². The third kappa shape index (κ3) is 2.13. The van der Waals surface area contributed by atoms with Crippen LogP contribution in [0.5, 0.6) is 0 Å². The molecule has 13 heavy (non-hydrogen) atoms. The van der Waals surface area contributed by atoms with Gasteiger partial charge in [-0.3, -0.25) is 0 Å². The lowest BCUT2D eigenvalue weighted by atomic mass is 10.2. The summed E-state index contributed by atoms with van der Waals surface area (Å²) in [5.74, 6) is -1.06. The van der Waals surface area contributed by atoms with Crippen molar-refractivity contribution in [2.75, 3.05) is 0 Å². The molecule has 1 rings (SSSR count). The molecule has 1 aromatic heterocycles. The first-order chi connectivity index (χ1) is 6.15. The zero-order valence-corrected chi connectivity index (χ0v) is 6.97. The van der Waals surface area contributed by atoms with Crippen LogP contribution >= 0.6 is 0 Å². The van der Waals surface area contributed by atoms with Gasteiger partial charge in [-0.2, -0.15) is 0 Å². The number of nitrogens with two attached hydrogens (primary N) is 1. The third-order valence-electron chi connectivity index (χ3n) is 1.59. The van der Waals surface area contributed by atoms with E-state index in [0.29, 0.717) is 5.69 Å². The molecule has 0 aliphatic carbocycles. The molecule has 0 unspecified atom stereocenters. The van der Waals surface area contributed by atoms with Crippen molar-refractivity contribution in [2.24, 2.45) is 5.73 Å². The number of nitrogens with zero attached hydrogens (tertiary/aromatic N) is 1. The van der Waals surface area contributed by atoms with Gasteiger partial charge in [-0.25, -0.2) is 9.78 Å². The van der Waals surface area contributed by atoms with Crippen LogP contribution in [0.4, 0.5) is 0 Å². The van der Waals surface area contributed by atoms with Gasteiger partial charge in [-0.1, -0.05) is 12.1 Å². The fourth-order valence-corrected chi connectivity index (χ4v) is 0.877. The average Bonchev–Trinajstić information content (AvgIpc) is 2.17. The lowest BCUT2D eigenvalue weighted by Gasteiger charge is -2.05. The molecule has 0 aliphatic rings. The molecule has 4 nitrogen and oxygen atoms in total. The molecule has 0 amide bonds. The number of carboxylic acid groups (broad SMARTS) is 1. The Bertz CT molecular complexity index is 336. The number of pyridine rings is 1. The number of rotatable bonds is 3. The highest BCUT2D eigenvalue weighted by Gasteiger charge is 2.07. The first kappa shape index (κ1) is 9.41. The Morgan fingerprint density at radius 2 is 2.38 bits per heavy atom. The zero-order valence-electron chi connectivity index (χ0n) is 6.97. The first-order valence-corrected chi connectivity index (χ1v) is 3.73. The number of aromatic carboxylic acids is 1. The summed E-state index contributed by atoms with van der Waals surface area (Å²) in [6, 6.07) is 4.27. The minimum Gasteiger partial charge on any atom is -0.477 e. The number of carbonyl (C=O) groups is 1. The summed E-state index contributed by atoms with van der Waals surface area (Å²) in [4.78, 5) is 14.4. The molecule has 1 aromatic rings. The zero-order chi connectivity index (χ0) is 9.84. The van der Waals surface area contributed by atoms with Gasteiger partial charge in [0.1, 0.15) is 5.69 Å². The average molecular weight is 178 g/mol. The monoisotopic (exact) mass is 178 g/mol. The molecule has 3 N–H and O–H groups in total. The molecule has 0 aromatic carbocycles. The maximum Gasteiger partial charge on any atom is 0.354 e. The number of hydrogen-bond acceptors (Lipinski definition) is 3. The molecule has 0 bridgehead atoms. The SMILES string of the molecule is C=C[C@@H](N)c1cccc(C(=O)O)n1. The Morgan fingerprint density at radius 3 is 2.92 bits per heavy atom. The molecule has 0 spiro atoms. The van der Waals surface area contributed by atoms with Gasteiger partial charge in [0.15, 0.2) is 0 Å². The minimum absolute atomic E-state index is 0.00481. The Kier molecular flexibility index (Phi) is 2.76. The van der Waals surface area contributed by atoms with Crippen molar-refractivity contribution >= 4 is 5.97 Å². The van der Waals surface area contributed by atoms with E-state index in [9.17, 15) is 4.79 Å². The van der Waals surface area contributed by atoms with E-state index in [4.69, 9.17) is 10.8 Å². The highest BCUT2D eigenvalue weighted by Crippen LogP contribution is 2.08. The van der Waals surface area contributed by atoms with Gasteiger partial charge in [-0.05, 0) is 12.1 Å². The summed E-state index contributed by atoms with van der Waals surface area (Å²) >= 11 is 0. The van der Waals surface area contributed by atoms with Gasteiger partial charge in [0.25, 0.3) is 0 Å². The Morgan fingerprint density at radius 1 is 1.69 bits per heavy atom. The predicted molar refractivity (Wildman–Crippen MR) is 48.3 cm³/mol. The molecular formula is C9H10N2O2. The molecule has 0 saturated heterocycles. The van der Waals surface area contributed by atoms with Crippen LogP contribution in [0.2, 0.25) is 0 Å². The third-order valence-corrected chi connectivity index (χ3v) is 1.59. The highest BCUT2D eigenvalue weighted by atomic mass is 16.4. The van der Waals surface area contributed by atoms with Crippen LogP contribution in [0.15, 0.2) is 30.9 Å². The summed E-state index contributed by atoms with van der Waals surface area (Å²) in [6.07, 6.45) is 1.51. The maximum atomic E-state index is 10.5. The second-order valence-electron chi connectivity index (χ2n) is 2.51. The molecule has 0 radical (unpaired) electrons. The summed E-state index contributed by atoms with van der Waals surface area (Å²) < 4.78 is 0. The van der Waals surface area contributed by atoms with E-state index >= 15 is 0 Å². The molecular weight excluding hydrogens is 168 g/mol. The van der Waals surface area contributed by atoms with Crippen molar-refractivity contribution in [1.29, 1.82) is 0 Å². The predicted octanol–water partition coefficient (Wildman–Crippen LogP) is 0.966. The van der Waals surface area contributed by atoms with Gasteiger partial charge in [-0.15, -0.1) is 6.58 Å². The Hall–Kier alpha value is -1.68. The van der Waals surface area contributed by atoms with Crippen LogP contribution in [0, 0.1) is 0 Å². The number of aromatic nitrogens is 1. The second kappa shape index (κ2) is 3.82. The van der Waals surface area contributed by atoms with E-state index in [1.807, 2.05) is 0 Å².